The fourth-order valence-corrected chi connectivity index (χ4v) is 2.79. The van der Waals surface area contributed by atoms with Crippen molar-refractivity contribution in [1.82, 2.24) is 0 Å². The highest BCUT2D eigenvalue weighted by atomic mass is 32.2. The van der Waals surface area contributed by atoms with Crippen molar-refractivity contribution in [2.45, 2.75) is 24.0 Å². The van der Waals surface area contributed by atoms with Crippen molar-refractivity contribution in [1.29, 1.82) is 0 Å². The van der Waals surface area contributed by atoms with Gasteiger partial charge >= 0.3 is 5.97 Å². The van der Waals surface area contributed by atoms with E-state index in [1.165, 1.54) is 11.1 Å². The lowest BCUT2D eigenvalue weighted by atomic mass is 10.1. The third-order valence-electron chi connectivity index (χ3n) is 2.93. The van der Waals surface area contributed by atoms with Crippen LogP contribution in [0.25, 0.3) is 0 Å². The molecule has 0 amide bonds. The Labute approximate surface area is 117 Å². The maximum Gasteiger partial charge on any atom is 0.307 e. The van der Waals surface area contributed by atoms with Gasteiger partial charge in [0.25, 0.3) is 0 Å². The minimum Gasteiger partial charge on any atom is -0.481 e. The number of thioether (sulfide) groups is 1. The van der Waals surface area contributed by atoms with Crippen LogP contribution in [-0.4, -0.2) is 11.1 Å². The van der Waals surface area contributed by atoms with E-state index >= 15 is 0 Å². The van der Waals surface area contributed by atoms with E-state index in [2.05, 4.69) is 25.1 Å². The second kappa shape index (κ2) is 6.43. The van der Waals surface area contributed by atoms with E-state index in [0.29, 0.717) is 0 Å². The van der Waals surface area contributed by atoms with Gasteiger partial charge in [0.1, 0.15) is 0 Å². The zero-order valence-corrected chi connectivity index (χ0v) is 11.6. The van der Waals surface area contributed by atoms with Crippen LogP contribution in [0.4, 0.5) is 0 Å². The first-order chi connectivity index (χ1) is 9.15. The van der Waals surface area contributed by atoms with Crippen LogP contribution in [0.1, 0.15) is 16.7 Å². The Bertz CT molecular complexity index is 561. The molecule has 0 fully saturated rings. The Morgan fingerprint density at radius 2 is 1.79 bits per heavy atom. The molecule has 1 N–H and O–H groups in total. The minimum absolute atomic E-state index is 0.0861. The van der Waals surface area contributed by atoms with E-state index in [1.54, 1.807) is 11.8 Å². The van der Waals surface area contributed by atoms with Crippen LogP contribution in [0.15, 0.2) is 53.4 Å². The van der Waals surface area contributed by atoms with E-state index in [0.717, 1.165) is 16.2 Å². The summed E-state index contributed by atoms with van der Waals surface area (Å²) in [7, 11) is 0. The molecular weight excluding hydrogens is 256 g/mol. The molecule has 0 unspecified atom stereocenters. The van der Waals surface area contributed by atoms with Crippen molar-refractivity contribution in [3.63, 3.8) is 0 Å². The monoisotopic (exact) mass is 272 g/mol. The molecule has 2 nitrogen and oxygen atoms in total. The lowest BCUT2D eigenvalue weighted by Gasteiger charge is -2.06. The first-order valence-corrected chi connectivity index (χ1v) is 7.12. The van der Waals surface area contributed by atoms with E-state index in [9.17, 15) is 4.79 Å². The topological polar surface area (TPSA) is 37.3 Å². The molecule has 0 aromatic heterocycles. The molecule has 2 aromatic carbocycles. The standard InChI is InChI=1S/C16H16O2S/c1-12-4-2-3-5-14(12)11-19-15-8-6-13(7-9-15)10-16(17)18/h2-9H,10-11H2,1H3,(H,17,18). The van der Waals surface area contributed by atoms with Gasteiger partial charge in [-0.15, -0.1) is 11.8 Å². The fraction of sp³-hybridized carbons (Fsp3) is 0.188. The van der Waals surface area contributed by atoms with Crippen molar-refractivity contribution >= 4 is 17.7 Å². The zero-order chi connectivity index (χ0) is 13.7. The van der Waals surface area contributed by atoms with Gasteiger partial charge in [-0.25, -0.2) is 0 Å². The number of rotatable bonds is 5. The van der Waals surface area contributed by atoms with Gasteiger partial charge < -0.3 is 5.11 Å². The number of carboxylic acids is 1. The zero-order valence-electron chi connectivity index (χ0n) is 10.8. The van der Waals surface area contributed by atoms with Crippen LogP contribution in [0, 0.1) is 6.92 Å². The summed E-state index contributed by atoms with van der Waals surface area (Å²) in [6.45, 7) is 2.12. The third kappa shape index (κ3) is 4.14. The summed E-state index contributed by atoms with van der Waals surface area (Å²) < 4.78 is 0. The maximum absolute atomic E-state index is 10.6. The van der Waals surface area contributed by atoms with Crippen molar-refractivity contribution in [2.24, 2.45) is 0 Å². The van der Waals surface area contributed by atoms with E-state index < -0.39 is 5.97 Å². The SMILES string of the molecule is Cc1ccccc1CSc1ccc(CC(=O)O)cc1. The van der Waals surface area contributed by atoms with E-state index in [4.69, 9.17) is 5.11 Å². The van der Waals surface area contributed by atoms with Crippen LogP contribution in [0.2, 0.25) is 0 Å². The molecule has 0 radical (unpaired) electrons. The molecule has 3 heteroatoms. The number of carboxylic acid groups (broad SMARTS) is 1. The third-order valence-corrected chi connectivity index (χ3v) is 4.00. The van der Waals surface area contributed by atoms with E-state index in [-0.39, 0.29) is 6.42 Å². The number of benzene rings is 2. The van der Waals surface area contributed by atoms with Crippen molar-refractivity contribution < 1.29 is 9.90 Å². The smallest absolute Gasteiger partial charge is 0.307 e. The van der Waals surface area contributed by atoms with Crippen LogP contribution >= 0.6 is 11.8 Å². The summed E-state index contributed by atoms with van der Waals surface area (Å²) in [4.78, 5) is 11.8. The Balaban J connectivity index is 1.97. The van der Waals surface area contributed by atoms with Crippen molar-refractivity contribution in [3.8, 4) is 0 Å². The van der Waals surface area contributed by atoms with Gasteiger partial charge in [-0.2, -0.15) is 0 Å². The van der Waals surface area contributed by atoms with Crippen molar-refractivity contribution in [3.05, 3.63) is 65.2 Å². The molecular formula is C16H16O2S. The molecule has 0 saturated carbocycles. The van der Waals surface area contributed by atoms with Crippen LogP contribution in [0.5, 0.6) is 0 Å². The Morgan fingerprint density at radius 3 is 2.42 bits per heavy atom. The largest absolute Gasteiger partial charge is 0.481 e. The molecule has 0 spiro atoms. The first kappa shape index (κ1) is 13.7. The summed E-state index contributed by atoms with van der Waals surface area (Å²) in [6.07, 6.45) is 0.0861. The van der Waals surface area contributed by atoms with Gasteiger partial charge in [-0.05, 0) is 35.7 Å². The maximum atomic E-state index is 10.6. The second-order valence-electron chi connectivity index (χ2n) is 4.43. The predicted molar refractivity (Wildman–Crippen MR) is 78.5 cm³/mol. The molecule has 0 aliphatic rings. The van der Waals surface area contributed by atoms with Crippen LogP contribution < -0.4 is 0 Å². The second-order valence-corrected chi connectivity index (χ2v) is 5.48. The van der Waals surface area contributed by atoms with Crippen molar-refractivity contribution in [2.75, 3.05) is 0 Å². The normalized spacial score (nSPS) is 10.4. The highest BCUT2D eigenvalue weighted by Gasteiger charge is 2.02. The summed E-state index contributed by atoms with van der Waals surface area (Å²) in [5.41, 5.74) is 3.48. The quantitative estimate of drug-likeness (QED) is 0.838. The molecule has 0 saturated heterocycles. The Morgan fingerprint density at radius 1 is 1.11 bits per heavy atom. The number of hydrogen-bond acceptors (Lipinski definition) is 2. The van der Waals surface area contributed by atoms with Gasteiger partial charge in [0.05, 0.1) is 6.42 Å². The van der Waals surface area contributed by atoms with Crippen LogP contribution in [0.3, 0.4) is 0 Å². The fourth-order valence-electron chi connectivity index (χ4n) is 1.81. The molecule has 0 bridgehead atoms. The molecule has 98 valence electrons. The van der Waals surface area contributed by atoms with Gasteiger partial charge in [0.15, 0.2) is 0 Å². The number of aryl methyl sites for hydroxylation is 1. The molecule has 0 atom stereocenters. The minimum atomic E-state index is -0.791. The summed E-state index contributed by atoms with van der Waals surface area (Å²) in [5.74, 6) is 0.144. The molecule has 0 heterocycles. The van der Waals surface area contributed by atoms with Gasteiger partial charge in [-0.3, -0.25) is 4.79 Å². The van der Waals surface area contributed by atoms with E-state index in [1.807, 2.05) is 30.3 Å². The summed E-state index contributed by atoms with van der Waals surface area (Å²) in [5, 5.41) is 8.71. The number of carbonyl (C=O) groups is 1. The summed E-state index contributed by atoms with van der Waals surface area (Å²) >= 11 is 1.77. The highest BCUT2D eigenvalue weighted by molar-refractivity contribution is 7.98. The number of aliphatic carboxylic acids is 1. The first-order valence-electron chi connectivity index (χ1n) is 6.13. The number of hydrogen-bond donors (Lipinski definition) is 1. The van der Waals surface area contributed by atoms with Crippen LogP contribution in [-0.2, 0) is 17.0 Å². The molecule has 0 aliphatic heterocycles. The average molecular weight is 272 g/mol. The Kier molecular flexibility index (Phi) is 4.63. The molecule has 2 rings (SSSR count). The molecule has 19 heavy (non-hydrogen) atoms. The summed E-state index contributed by atoms with van der Waals surface area (Å²) in [6, 6.07) is 16.1. The molecule has 2 aromatic rings. The van der Waals surface area contributed by atoms with Gasteiger partial charge in [0.2, 0.25) is 0 Å². The highest BCUT2D eigenvalue weighted by Crippen LogP contribution is 2.24. The van der Waals surface area contributed by atoms with Gasteiger partial charge in [0, 0.05) is 10.6 Å². The lowest BCUT2D eigenvalue weighted by Crippen LogP contribution is -1.99. The lowest BCUT2D eigenvalue weighted by molar-refractivity contribution is -0.136. The average Bonchev–Trinajstić information content (AvgIpc) is 2.39. The molecule has 0 aliphatic carbocycles. The van der Waals surface area contributed by atoms with Gasteiger partial charge in [-0.1, -0.05) is 36.4 Å². The predicted octanol–water partition coefficient (Wildman–Crippen LogP) is 3.91. The Hall–Kier alpha value is -1.74.